The van der Waals surface area contributed by atoms with Gasteiger partial charge >= 0.3 is 0 Å². The molecule has 2 fully saturated rings. The standard InChI is InChI=1S/C14H27NO/c1-4-11-5-6-12(16)9-13(11)15(3)10-14(2)7-8-14/h11-13,16H,4-10H2,1-3H3. The zero-order valence-corrected chi connectivity index (χ0v) is 11.1. The summed E-state index contributed by atoms with van der Waals surface area (Å²) in [6.45, 7) is 5.91. The van der Waals surface area contributed by atoms with Crippen molar-refractivity contribution in [3.05, 3.63) is 0 Å². The second-order valence-corrected chi connectivity index (χ2v) is 6.43. The number of aliphatic hydroxyl groups excluding tert-OH is 1. The molecule has 0 radical (unpaired) electrons. The number of aliphatic hydroxyl groups is 1. The van der Waals surface area contributed by atoms with Gasteiger partial charge in [-0.2, -0.15) is 0 Å². The van der Waals surface area contributed by atoms with Crippen LogP contribution in [0.1, 0.15) is 52.4 Å². The van der Waals surface area contributed by atoms with E-state index < -0.39 is 0 Å². The molecule has 0 heterocycles. The molecule has 2 rings (SSSR count). The summed E-state index contributed by atoms with van der Waals surface area (Å²) in [6, 6.07) is 0.617. The third kappa shape index (κ3) is 2.78. The van der Waals surface area contributed by atoms with Crippen LogP contribution in [-0.2, 0) is 0 Å². The predicted octanol–water partition coefficient (Wildman–Crippen LogP) is 2.66. The molecule has 3 unspecified atom stereocenters. The Kier molecular flexibility index (Phi) is 3.60. The fourth-order valence-corrected chi connectivity index (χ4v) is 3.29. The molecule has 1 N–H and O–H groups in total. The maximum atomic E-state index is 9.83. The van der Waals surface area contributed by atoms with Crippen molar-refractivity contribution in [2.75, 3.05) is 13.6 Å². The molecule has 2 aliphatic rings. The highest BCUT2D eigenvalue weighted by molar-refractivity contribution is 4.94. The van der Waals surface area contributed by atoms with Gasteiger partial charge in [-0.1, -0.05) is 20.3 Å². The van der Waals surface area contributed by atoms with Crippen LogP contribution < -0.4 is 0 Å². The third-order valence-corrected chi connectivity index (χ3v) is 4.75. The third-order valence-electron chi connectivity index (χ3n) is 4.75. The van der Waals surface area contributed by atoms with Crippen molar-refractivity contribution in [3.8, 4) is 0 Å². The largest absolute Gasteiger partial charge is 0.393 e. The van der Waals surface area contributed by atoms with Gasteiger partial charge in [0.05, 0.1) is 6.10 Å². The second kappa shape index (κ2) is 4.66. The van der Waals surface area contributed by atoms with Gasteiger partial charge in [0.15, 0.2) is 0 Å². The summed E-state index contributed by atoms with van der Waals surface area (Å²) in [5.74, 6) is 0.802. The molecule has 0 aliphatic heterocycles. The van der Waals surface area contributed by atoms with E-state index in [0.29, 0.717) is 11.5 Å². The van der Waals surface area contributed by atoms with E-state index in [9.17, 15) is 5.11 Å². The minimum absolute atomic E-state index is 0.0535. The first kappa shape index (κ1) is 12.4. The van der Waals surface area contributed by atoms with Crippen LogP contribution in [0.2, 0.25) is 0 Å². The topological polar surface area (TPSA) is 23.5 Å². The molecule has 2 nitrogen and oxygen atoms in total. The van der Waals surface area contributed by atoms with Crippen molar-refractivity contribution in [1.82, 2.24) is 4.90 Å². The lowest BCUT2D eigenvalue weighted by atomic mass is 9.80. The molecule has 2 heteroatoms. The van der Waals surface area contributed by atoms with E-state index in [4.69, 9.17) is 0 Å². The highest BCUT2D eigenvalue weighted by atomic mass is 16.3. The Morgan fingerprint density at radius 1 is 1.31 bits per heavy atom. The molecule has 0 bridgehead atoms. The summed E-state index contributed by atoms with van der Waals surface area (Å²) in [7, 11) is 2.26. The number of hydrogen-bond donors (Lipinski definition) is 1. The zero-order chi connectivity index (χ0) is 11.8. The van der Waals surface area contributed by atoms with Gasteiger partial charge in [0.2, 0.25) is 0 Å². The first-order valence-corrected chi connectivity index (χ1v) is 6.92. The Morgan fingerprint density at radius 2 is 2.00 bits per heavy atom. The van der Waals surface area contributed by atoms with Crippen LogP contribution in [-0.4, -0.2) is 35.7 Å². The van der Waals surface area contributed by atoms with E-state index >= 15 is 0 Å². The van der Waals surface area contributed by atoms with Crippen molar-refractivity contribution in [3.63, 3.8) is 0 Å². The fraction of sp³-hybridized carbons (Fsp3) is 1.00. The average Bonchev–Trinajstić information content (AvgIpc) is 2.96. The lowest BCUT2D eigenvalue weighted by Crippen LogP contribution is -2.45. The van der Waals surface area contributed by atoms with E-state index in [1.54, 1.807) is 0 Å². The van der Waals surface area contributed by atoms with Crippen molar-refractivity contribution >= 4 is 0 Å². The van der Waals surface area contributed by atoms with Gasteiger partial charge in [-0.25, -0.2) is 0 Å². The van der Waals surface area contributed by atoms with Gasteiger partial charge in [-0.3, -0.25) is 0 Å². The Hall–Kier alpha value is -0.0800. The molecular formula is C14H27NO. The monoisotopic (exact) mass is 225 g/mol. The number of rotatable bonds is 4. The van der Waals surface area contributed by atoms with Crippen molar-refractivity contribution in [2.24, 2.45) is 11.3 Å². The van der Waals surface area contributed by atoms with E-state index in [0.717, 1.165) is 18.8 Å². The van der Waals surface area contributed by atoms with E-state index in [1.807, 2.05) is 0 Å². The molecule has 0 aromatic rings. The maximum absolute atomic E-state index is 9.83. The summed E-state index contributed by atoms with van der Waals surface area (Å²) in [4.78, 5) is 2.53. The highest BCUT2D eigenvalue weighted by Crippen LogP contribution is 2.46. The van der Waals surface area contributed by atoms with Crippen LogP contribution in [0.25, 0.3) is 0 Å². The Bertz CT molecular complexity index is 237. The lowest BCUT2D eigenvalue weighted by Gasteiger charge is -2.40. The number of nitrogens with zero attached hydrogens (tertiary/aromatic N) is 1. The van der Waals surface area contributed by atoms with E-state index in [1.165, 1.54) is 32.2 Å². The Balaban J connectivity index is 1.92. The first-order valence-electron chi connectivity index (χ1n) is 6.92. The average molecular weight is 225 g/mol. The first-order chi connectivity index (χ1) is 7.54. The summed E-state index contributed by atoms with van der Waals surface area (Å²) < 4.78 is 0. The molecule has 94 valence electrons. The molecular weight excluding hydrogens is 198 g/mol. The Morgan fingerprint density at radius 3 is 2.56 bits per heavy atom. The van der Waals surface area contributed by atoms with Crippen molar-refractivity contribution in [2.45, 2.75) is 64.5 Å². The Labute approximate surface area is 100 Å². The van der Waals surface area contributed by atoms with Crippen LogP contribution >= 0.6 is 0 Å². The van der Waals surface area contributed by atoms with Gasteiger partial charge < -0.3 is 10.0 Å². The summed E-state index contributed by atoms with van der Waals surface area (Å²) in [5, 5.41) is 9.83. The smallest absolute Gasteiger partial charge is 0.0555 e. The van der Waals surface area contributed by atoms with Crippen molar-refractivity contribution < 1.29 is 5.11 Å². The highest BCUT2D eigenvalue weighted by Gasteiger charge is 2.41. The van der Waals surface area contributed by atoms with E-state index in [-0.39, 0.29) is 6.10 Å². The molecule has 0 aromatic heterocycles. The van der Waals surface area contributed by atoms with Gasteiger partial charge in [0.25, 0.3) is 0 Å². The molecule has 2 aliphatic carbocycles. The molecule has 0 saturated heterocycles. The molecule has 0 aromatic carbocycles. The van der Waals surface area contributed by atoms with Crippen LogP contribution in [0, 0.1) is 11.3 Å². The van der Waals surface area contributed by atoms with Gasteiger partial charge in [0.1, 0.15) is 0 Å². The van der Waals surface area contributed by atoms with Crippen molar-refractivity contribution in [1.29, 1.82) is 0 Å². The predicted molar refractivity (Wildman–Crippen MR) is 67.4 cm³/mol. The summed E-state index contributed by atoms with van der Waals surface area (Å²) >= 11 is 0. The quantitative estimate of drug-likeness (QED) is 0.795. The zero-order valence-electron chi connectivity index (χ0n) is 11.1. The van der Waals surface area contributed by atoms with Crippen LogP contribution in [0.5, 0.6) is 0 Å². The van der Waals surface area contributed by atoms with Crippen LogP contribution in [0.15, 0.2) is 0 Å². The van der Waals surface area contributed by atoms with Crippen LogP contribution in [0.3, 0.4) is 0 Å². The van der Waals surface area contributed by atoms with Gasteiger partial charge in [-0.15, -0.1) is 0 Å². The van der Waals surface area contributed by atoms with E-state index in [2.05, 4.69) is 25.8 Å². The molecule has 16 heavy (non-hydrogen) atoms. The molecule has 2 saturated carbocycles. The van der Waals surface area contributed by atoms with Gasteiger partial charge in [-0.05, 0) is 50.5 Å². The fourth-order valence-electron chi connectivity index (χ4n) is 3.29. The molecule has 0 amide bonds. The normalized spacial score (nSPS) is 37.7. The lowest BCUT2D eigenvalue weighted by molar-refractivity contribution is 0.0299. The minimum Gasteiger partial charge on any atom is -0.393 e. The maximum Gasteiger partial charge on any atom is 0.0555 e. The minimum atomic E-state index is -0.0535. The molecule has 3 atom stereocenters. The summed E-state index contributed by atoms with van der Waals surface area (Å²) in [5.41, 5.74) is 0.593. The van der Waals surface area contributed by atoms with Gasteiger partial charge in [0, 0.05) is 12.6 Å². The molecule has 0 spiro atoms. The number of hydrogen-bond acceptors (Lipinski definition) is 2. The van der Waals surface area contributed by atoms with Crippen LogP contribution in [0.4, 0.5) is 0 Å². The SMILES string of the molecule is CCC1CCC(O)CC1N(C)CC1(C)CC1. The summed E-state index contributed by atoms with van der Waals surface area (Å²) in [6.07, 6.45) is 7.21. The second-order valence-electron chi connectivity index (χ2n) is 6.43.